The minimum atomic E-state index is -2.09. The quantitative estimate of drug-likeness (QED) is 0.410. The molecule has 3 aromatic carbocycles. The van der Waals surface area contributed by atoms with Crippen LogP contribution in [0.4, 0.5) is 5.69 Å². The van der Waals surface area contributed by atoms with Gasteiger partial charge < -0.3 is 4.74 Å². The molecule has 3 atom stereocenters. The zero-order valence-corrected chi connectivity index (χ0v) is 18.8. The maximum Gasteiger partial charge on any atom is 0.241 e. The van der Waals surface area contributed by atoms with Gasteiger partial charge in [-0.15, -0.1) is 0 Å². The molecule has 3 unspecified atom stereocenters. The third kappa shape index (κ3) is 2.55. The van der Waals surface area contributed by atoms with E-state index in [9.17, 15) is 19.2 Å². The number of fused-ring (bicyclic) bond motifs is 3. The van der Waals surface area contributed by atoms with Crippen LogP contribution in [-0.4, -0.2) is 29.0 Å². The summed E-state index contributed by atoms with van der Waals surface area (Å²) in [6, 6.07) is 20.2. The van der Waals surface area contributed by atoms with E-state index in [1.54, 1.807) is 60.7 Å². The summed E-state index contributed by atoms with van der Waals surface area (Å²) in [6.07, 6.45) is -0.947. The highest BCUT2D eigenvalue weighted by atomic mass is 35.5. The molecule has 2 aliphatic heterocycles. The van der Waals surface area contributed by atoms with Crippen molar-refractivity contribution >= 4 is 40.7 Å². The average Bonchev–Trinajstić information content (AvgIpc) is 3.40. The summed E-state index contributed by atoms with van der Waals surface area (Å²) in [6.45, 7) is 1.92. The van der Waals surface area contributed by atoms with Crippen LogP contribution in [0.2, 0.25) is 5.02 Å². The largest absolute Gasteiger partial charge is 0.349 e. The summed E-state index contributed by atoms with van der Waals surface area (Å²) in [4.78, 5) is 56.1. The SMILES string of the molecule is Cc1ccc(C2OC3(C(=O)c4ccccc4C3=O)C3C(=O)N(c4ccccc4Cl)C(=O)C23)cc1. The van der Waals surface area contributed by atoms with Gasteiger partial charge in [0.25, 0.3) is 0 Å². The molecule has 2 saturated heterocycles. The van der Waals surface area contributed by atoms with Gasteiger partial charge >= 0.3 is 0 Å². The monoisotopic (exact) mass is 471 g/mol. The number of halogens is 1. The minimum Gasteiger partial charge on any atom is -0.349 e. The highest BCUT2D eigenvalue weighted by Gasteiger charge is 2.74. The van der Waals surface area contributed by atoms with Crippen LogP contribution in [0.25, 0.3) is 0 Å². The van der Waals surface area contributed by atoms with Crippen LogP contribution in [0.5, 0.6) is 0 Å². The van der Waals surface area contributed by atoms with Crippen molar-refractivity contribution in [3.63, 3.8) is 0 Å². The number of ketones is 2. The van der Waals surface area contributed by atoms with Crippen LogP contribution in [0, 0.1) is 18.8 Å². The van der Waals surface area contributed by atoms with Crippen LogP contribution < -0.4 is 4.90 Å². The first kappa shape index (κ1) is 21.0. The molecule has 7 heteroatoms. The molecule has 34 heavy (non-hydrogen) atoms. The number of benzene rings is 3. The van der Waals surface area contributed by atoms with Gasteiger partial charge in [0.2, 0.25) is 29.0 Å². The Kier molecular flexibility index (Phi) is 4.43. The zero-order valence-electron chi connectivity index (χ0n) is 18.0. The van der Waals surface area contributed by atoms with Crippen LogP contribution >= 0.6 is 11.6 Å². The van der Waals surface area contributed by atoms with Crippen molar-refractivity contribution in [2.45, 2.75) is 18.6 Å². The summed E-state index contributed by atoms with van der Waals surface area (Å²) >= 11 is 6.33. The van der Waals surface area contributed by atoms with E-state index < -0.39 is 46.9 Å². The van der Waals surface area contributed by atoms with Crippen LogP contribution in [0.3, 0.4) is 0 Å². The number of ether oxygens (including phenoxy) is 1. The molecule has 0 saturated carbocycles. The molecule has 1 spiro atoms. The van der Waals surface area contributed by atoms with Crippen LogP contribution in [-0.2, 0) is 14.3 Å². The Morgan fingerprint density at radius 3 is 2.00 bits per heavy atom. The molecule has 2 amide bonds. The first-order valence-electron chi connectivity index (χ1n) is 10.9. The van der Waals surface area contributed by atoms with Gasteiger partial charge in [0, 0.05) is 11.1 Å². The normalized spacial score (nSPS) is 24.8. The third-order valence-electron chi connectivity index (χ3n) is 7.02. The minimum absolute atomic E-state index is 0.201. The lowest BCUT2D eigenvalue weighted by atomic mass is 9.77. The molecule has 2 heterocycles. The maximum absolute atomic E-state index is 13.8. The number of rotatable bonds is 2. The maximum atomic E-state index is 13.8. The lowest BCUT2D eigenvalue weighted by Gasteiger charge is -2.27. The second kappa shape index (κ2) is 7.19. The van der Waals surface area contributed by atoms with Gasteiger partial charge in [-0.05, 0) is 24.6 Å². The van der Waals surface area contributed by atoms with Gasteiger partial charge in [-0.25, -0.2) is 4.90 Å². The summed E-state index contributed by atoms with van der Waals surface area (Å²) in [5.41, 5.74) is 0.157. The Morgan fingerprint density at radius 1 is 0.794 bits per heavy atom. The number of anilines is 1. The van der Waals surface area contributed by atoms with Crippen LogP contribution in [0.15, 0.2) is 72.8 Å². The second-order valence-electron chi connectivity index (χ2n) is 8.86. The highest BCUT2D eigenvalue weighted by molar-refractivity contribution is 6.39. The number of hydrogen-bond acceptors (Lipinski definition) is 5. The number of hydrogen-bond donors (Lipinski definition) is 0. The number of amides is 2. The van der Waals surface area contributed by atoms with E-state index >= 15 is 0 Å². The molecule has 0 N–H and O–H groups in total. The van der Waals surface area contributed by atoms with E-state index in [1.807, 2.05) is 19.1 Å². The Balaban J connectivity index is 1.56. The molecule has 3 aromatic rings. The molecule has 6 rings (SSSR count). The van der Waals surface area contributed by atoms with Gasteiger partial charge in [-0.3, -0.25) is 19.2 Å². The third-order valence-corrected chi connectivity index (χ3v) is 7.34. The Labute approximate surface area is 200 Å². The lowest BCUT2D eigenvalue weighted by molar-refractivity contribution is -0.127. The molecular weight excluding hydrogens is 454 g/mol. The summed E-state index contributed by atoms with van der Waals surface area (Å²) < 4.78 is 6.26. The van der Waals surface area contributed by atoms with Crippen LogP contribution in [0.1, 0.15) is 37.9 Å². The van der Waals surface area contributed by atoms with Crippen molar-refractivity contribution in [1.29, 1.82) is 0 Å². The predicted octanol–water partition coefficient (Wildman–Crippen LogP) is 4.34. The molecule has 6 nitrogen and oxygen atoms in total. The number of para-hydroxylation sites is 1. The molecule has 3 aliphatic rings. The van der Waals surface area contributed by atoms with Gasteiger partial charge in [-0.2, -0.15) is 0 Å². The van der Waals surface area contributed by atoms with Crippen molar-refractivity contribution < 1.29 is 23.9 Å². The number of Topliss-reactive ketones (excluding diaryl/α,β-unsaturated/α-hetero) is 2. The molecule has 2 fully saturated rings. The fourth-order valence-electron chi connectivity index (χ4n) is 5.44. The number of nitrogens with zero attached hydrogens (tertiary/aromatic N) is 1. The van der Waals surface area contributed by atoms with E-state index in [-0.39, 0.29) is 21.8 Å². The van der Waals surface area contributed by atoms with Crippen molar-refractivity contribution in [3.8, 4) is 0 Å². The first-order chi connectivity index (χ1) is 16.4. The van der Waals surface area contributed by atoms with E-state index in [2.05, 4.69) is 0 Å². The fraction of sp³-hybridized carbons (Fsp3) is 0.185. The van der Waals surface area contributed by atoms with E-state index in [0.29, 0.717) is 5.56 Å². The van der Waals surface area contributed by atoms with E-state index in [0.717, 1.165) is 10.5 Å². The van der Waals surface area contributed by atoms with Gasteiger partial charge in [-0.1, -0.05) is 77.8 Å². The number of aryl methyl sites for hydroxylation is 1. The highest BCUT2D eigenvalue weighted by Crippen LogP contribution is 2.58. The van der Waals surface area contributed by atoms with E-state index in [4.69, 9.17) is 16.3 Å². The Morgan fingerprint density at radius 2 is 1.38 bits per heavy atom. The molecular formula is C27H18ClNO5. The fourth-order valence-corrected chi connectivity index (χ4v) is 5.66. The van der Waals surface area contributed by atoms with Crippen molar-refractivity contribution in [1.82, 2.24) is 0 Å². The average molecular weight is 472 g/mol. The van der Waals surface area contributed by atoms with Crippen molar-refractivity contribution in [2.24, 2.45) is 11.8 Å². The summed E-state index contributed by atoms with van der Waals surface area (Å²) in [7, 11) is 0. The predicted molar refractivity (Wildman–Crippen MR) is 124 cm³/mol. The summed E-state index contributed by atoms with van der Waals surface area (Å²) in [5, 5.41) is 0.221. The smallest absolute Gasteiger partial charge is 0.241 e. The second-order valence-corrected chi connectivity index (χ2v) is 9.26. The molecule has 0 bridgehead atoms. The van der Waals surface area contributed by atoms with Crippen molar-refractivity contribution in [3.05, 3.63) is 100 Å². The molecule has 0 radical (unpaired) electrons. The lowest BCUT2D eigenvalue weighted by Crippen LogP contribution is -2.51. The van der Waals surface area contributed by atoms with Gasteiger partial charge in [0.05, 0.1) is 28.6 Å². The Bertz CT molecular complexity index is 1380. The number of carbonyl (C=O) groups is 4. The van der Waals surface area contributed by atoms with E-state index in [1.165, 1.54) is 0 Å². The first-order valence-corrected chi connectivity index (χ1v) is 11.3. The molecule has 0 aromatic heterocycles. The van der Waals surface area contributed by atoms with Crippen molar-refractivity contribution in [2.75, 3.05) is 4.90 Å². The molecule has 168 valence electrons. The Hall–Kier alpha value is -3.61. The zero-order chi connectivity index (χ0) is 23.8. The number of imide groups is 1. The van der Waals surface area contributed by atoms with Gasteiger partial charge in [0.1, 0.15) is 0 Å². The van der Waals surface area contributed by atoms with Gasteiger partial charge in [0.15, 0.2) is 0 Å². The standard InChI is InChI=1S/C27H18ClNO5/c1-14-10-12-15(13-11-14)22-20-21(26(33)29(25(20)32)19-9-5-4-8-18(19)28)27(34-22)23(30)16-6-2-3-7-17(16)24(27)31/h2-13,20-22H,1H3. The topological polar surface area (TPSA) is 80.8 Å². The number of carbonyl (C=O) groups excluding carboxylic acids is 4. The molecule has 1 aliphatic carbocycles. The summed E-state index contributed by atoms with van der Waals surface area (Å²) in [5.74, 6) is -4.71.